The molecule has 0 radical (unpaired) electrons. The lowest BCUT2D eigenvalue weighted by atomic mass is 10.1. The van der Waals surface area contributed by atoms with Crippen LogP contribution >= 0.6 is 0 Å². The number of carbonyl (C=O) groups excluding carboxylic acids is 1. The molecule has 17 heavy (non-hydrogen) atoms. The van der Waals surface area contributed by atoms with Gasteiger partial charge in [-0.05, 0) is 30.2 Å². The standard InChI is InChI=1S/C13H11NO3/c15-13-4-1-9-7-10(2-3-12(9)13)16-8-11-5-6-14-17-11/h2-3,5-7H,1,4,8H2. The number of benzene rings is 1. The maximum absolute atomic E-state index is 11.5. The van der Waals surface area contributed by atoms with Gasteiger partial charge >= 0.3 is 0 Å². The molecule has 0 saturated heterocycles. The number of hydrogen-bond acceptors (Lipinski definition) is 4. The molecule has 0 fully saturated rings. The predicted octanol–water partition coefficient (Wildman–Crippen LogP) is 2.38. The number of carbonyl (C=O) groups is 1. The molecule has 4 heteroatoms. The van der Waals surface area contributed by atoms with Crippen molar-refractivity contribution < 1.29 is 14.1 Å². The van der Waals surface area contributed by atoms with Crippen molar-refractivity contribution >= 4 is 5.78 Å². The lowest BCUT2D eigenvalue weighted by molar-refractivity contribution is 0.0994. The number of ether oxygens (including phenoxy) is 1. The molecule has 0 N–H and O–H groups in total. The molecule has 4 nitrogen and oxygen atoms in total. The normalized spacial score (nSPS) is 13.8. The highest BCUT2D eigenvalue weighted by Gasteiger charge is 2.19. The summed E-state index contributed by atoms with van der Waals surface area (Å²) in [6.07, 6.45) is 3.01. The average Bonchev–Trinajstić information content (AvgIpc) is 2.97. The molecule has 3 rings (SSSR count). The van der Waals surface area contributed by atoms with Crippen molar-refractivity contribution in [3.63, 3.8) is 0 Å². The Morgan fingerprint density at radius 1 is 1.29 bits per heavy atom. The highest BCUT2D eigenvalue weighted by Crippen LogP contribution is 2.26. The molecule has 0 spiro atoms. The van der Waals surface area contributed by atoms with Gasteiger partial charge in [0, 0.05) is 18.1 Å². The number of fused-ring (bicyclic) bond motifs is 1. The molecule has 1 aliphatic carbocycles. The summed E-state index contributed by atoms with van der Waals surface area (Å²) in [6.45, 7) is 0.354. The van der Waals surface area contributed by atoms with E-state index in [-0.39, 0.29) is 5.78 Å². The molecule has 1 aromatic carbocycles. The van der Waals surface area contributed by atoms with Gasteiger partial charge in [0.1, 0.15) is 12.4 Å². The quantitative estimate of drug-likeness (QED) is 0.810. The number of aromatic nitrogens is 1. The Balaban J connectivity index is 1.74. The van der Waals surface area contributed by atoms with Gasteiger partial charge in [0.05, 0.1) is 6.20 Å². The van der Waals surface area contributed by atoms with E-state index in [1.165, 1.54) is 0 Å². The van der Waals surface area contributed by atoms with E-state index in [0.717, 1.165) is 23.3 Å². The summed E-state index contributed by atoms with van der Waals surface area (Å²) in [5, 5.41) is 3.60. The Kier molecular flexibility index (Phi) is 2.40. The Morgan fingerprint density at radius 2 is 2.24 bits per heavy atom. The summed E-state index contributed by atoms with van der Waals surface area (Å²) in [5.74, 6) is 1.67. The molecule has 86 valence electrons. The minimum Gasteiger partial charge on any atom is -0.486 e. The van der Waals surface area contributed by atoms with Crippen molar-refractivity contribution in [3.8, 4) is 5.75 Å². The first-order chi connectivity index (χ1) is 8.33. The van der Waals surface area contributed by atoms with Gasteiger partial charge in [-0.1, -0.05) is 5.16 Å². The number of aryl methyl sites for hydroxylation is 1. The summed E-state index contributed by atoms with van der Waals surface area (Å²) in [6, 6.07) is 7.34. The third-order valence-electron chi connectivity index (χ3n) is 2.87. The van der Waals surface area contributed by atoms with Gasteiger partial charge in [-0.15, -0.1) is 0 Å². The second kappa shape index (κ2) is 4.05. The molecule has 1 aliphatic rings. The van der Waals surface area contributed by atoms with Gasteiger partial charge in [-0.2, -0.15) is 0 Å². The van der Waals surface area contributed by atoms with Crippen LogP contribution in [0, 0.1) is 0 Å². The van der Waals surface area contributed by atoms with Gasteiger partial charge in [0.15, 0.2) is 11.5 Å². The van der Waals surface area contributed by atoms with Crippen LogP contribution in [-0.4, -0.2) is 10.9 Å². The molecule has 0 amide bonds. The van der Waals surface area contributed by atoms with Crippen molar-refractivity contribution in [2.24, 2.45) is 0 Å². The van der Waals surface area contributed by atoms with Crippen LogP contribution < -0.4 is 4.74 Å². The van der Waals surface area contributed by atoms with E-state index in [2.05, 4.69) is 5.16 Å². The van der Waals surface area contributed by atoms with Crippen molar-refractivity contribution in [1.29, 1.82) is 0 Å². The van der Waals surface area contributed by atoms with Crippen LogP contribution in [-0.2, 0) is 13.0 Å². The first-order valence-corrected chi connectivity index (χ1v) is 5.51. The van der Waals surface area contributed by atoms with E-state index in [9.17, 15) is 4.79 Å². The second-order valence-corrected chi connectivity index (χ2v) is 4.01. The van der Waals surface area contributed by atoms with Gasteiger partial charge in [0.2, 0.25) is 0 Å². The Morgan fingerprint density at radius 3 is 3.06 bits per heavy atom. The maximum Gasteiger partial charge on any atom is 0.174 e. The summed E-state index contributed by atoms with van der Waals surface area (Å²) in [5.41, 5.74) is 1.90. The molecule has 1 heterocycles. The lowest BCUT2D eigenvalue weighted by Gasteiger charge is -2.05. The smallest absolute Gasteiger partial charge is 0.174 e. The fourth-order valence-corrected chi connectivity index (χ4v) is 1.99. The topological polar surface area (TPSA) is 52.3 Å². The van der Waals surface area contributed by atoms with E-state index in [1.807, 2.05) is 18.2 Å². The third kappa shape index (κ3) is 1.93. The lowest BCUT2D eigenvalue weighted by Crippen LogP contribution is -1.96. The first-order valence-electron chi connectivity index (χ1n) is 5.51. The van der Waals surface area contributed by atoms with Crippen molar-refractivity contribution in [2.45, 2.75) is 19.4 Å². The average molecular weight is 229 g/mol. The van der Waals surface area contributed by atoms with Crippen LogP contribution in [0.25, 0.3) is 0 Å². The van der Waals surface area contributed by atoms with Crippen molar-refractivity contribution in [3.05, 3.63) is 47.3 Å². The molecule has 0 aliphatic heterocycles. The summed E-state index contributed by atoms with van der Waals surface area (Å²) in [7, 11) is 0. The SMILES string of the molecule is O=C1CCc2cc(OCc3ccno3)ccc21. The zero-order valence-electron chi connectivity index (χ0n) is 9.18. The van der Waals surface area contributed by atoms with E-state index >= 15 is 0 Å². The molecule has 0 atom stereocenters. The van der Waals surface area contributed by atoms with E-state index < -0.39 is 0 Å². The third-order valence-corrected chi connectivity index (χ3v) is 2.87. The van der Waals surface area contributed by atoms with Crippen LogP contribution in [0.4, 0.5) is 0 Å². The number of Topliss-reactive ketones (excluding diaryl/α,β-unsaturated/α-hetero) is 1. The van der Waals surface area contributed by atoms with Gasteiger partial charge in [0.25, 0.3) is 0 Å². The summed E-state index contributed by atoms with van der Waals surface area (Å²) >= 11 is 0. The molecule has 1 aromatic heterocycles. The van der Waals surface area contributed by atoms with E-state index in [1.54, 1.807) is 12.3 Å². The van der Waals surface area contributed by atoms with E-state index in [4.69, 9.17) is 9.26 Å². The molecule has 0 bridgehead atoms. The van der Waals surface area contributed by atoms with Crippen LogP contribution in [0.15, 0.2) is 35.0 Å². The van der Waals surface area contributed by atoms with Crippen LogP contribution in [0.3, 0.4) is 0 Å². The largest absolute Gasteiger partial charge is 0.486 e. The minimum atomic E-state index is 0.224. The van der Waals surface area contributed by atoms with Crippen molar-refractivity contribution in [2.75, 3.05) is 0 Å². The fraction of sp³-hybridized carbons (Fsp3) is 0.231. The second-order valence-electron chi connectivity index (χ2n) is 4.01. The molecule has 0 unspecified atom stereocenters. The maximum atomic E-state index is 11.5. The Labute approximate surface area is 98.2 Å². The molecule has 0 saturated carbocycles. The summed E-state index contributed by atoms with van der Waals surface area (Å²) in [4.78, 5) is 11.5. The Bertz CT molecular complexity index is 546. The monoisotopic (exact) mass is 229 g/mol. The number of hydrogen-bond donors (Lipinski definition) is 0. The van der Waals surface area contributed by atoms with Gasteiger partial charge in [-0.25, -0.2) is 0 Å². The van der Waals surface area contributed by atoms with Gasteiger partial charge in [-0.3, -0.25) is 4.79 Å². The number of nitrogens with zero attached hydrogens (tertiary/aromatic N) is 1. The van der Waals surface area contributed by atoms with Gasteiger partial charge < -0.3 is 9.26 Å². The van der Waals surface area contributed by atoms with Crippen molar-refractivity contribution in [1.82, 2.24) is 5.16 Å². The fourth-order valence-electron chi connectivity index (χ4n) is 1.99. The predicted molar refractivity (Wildman–Crippen MR) is 59.9 cm³/mol. The highest BCUT2D eigenvalue weighted by molar-refractivity contribution is 6.00. The van der Waals surface area contributed by atoms with E-state index in [0.29, 0.717) is 18.8 Å². The summed E-state index contributed by atoms with van der Waals surface area (Å²) < 4.78 is 10.5. The molecular weight excluding hydrogens is 218 g/mol. The Hall–Kier alpha value is -2.10. The number of ketones is 1. The molecule has 2 aromatic rings. The first kappa shape index (κ1) is 10.1. The van der Waals surface area contributed by atoms with Crippen LogP contribution in [0.5, 0.6) is 5.75 Å². The zero-order chi connectivity index (χ0) is 11.7. The minimum absolute atomic E-state index is 0.224. The highest BCUT2D eigenvalue weighted by atomic mass is 16.5. The van der Waals surface area contributed by atoms with Crippen LogP contribution in [0.1, 0.15) is 28.1 Å². The molecular formula is C13H11NO3. The van der Waals surface area contributed by atoms with Crippen LogP contribution in [0.2, 0.25) is 0 Å². The number of rotatable bonds is 3. The zero-order valence-corrected chi connectivity index (χ0v) is 9.18.